The summed E-state index contributed by atoms with van der Waals surface area (Å²) in [4.78, 5) is 14.7. The molecule has 130 valence electrons. The van der Waals surface area contributed by atoms with E-state index < -0.39 is 0 Å². The number of ether oxygens (including phenoxy) is 1. The van der Waals surface area contributed by atoms with Gasteiger partial charge in [-0.25, -0.2) is 9.97 Å². The van der Waals surface area contributed by atoms with Crippen LogP contribution in [0.2, 0.25) is 0 Å². The third-order valence-corrected chi connectivity index (χ3v) is 6.34. The van der Waals surface area contributed by atoms with Gasteiger partial charge in [0.05, 0.1) is 25.1 Å². The second kappa shape index (κ2) is 6.94. The third kappa shape index (κ3) is 3.27. The van der Waals surface area contributed by atoms with Gasteiger partial charge in [0.15, 0.2) is 0 Å². The molecule has 4 rings (SSSR count). The maximum absolute atomic E-state index is 5.45. The molecule has 0 aromatic carbocycles. The second-order valence-corrected chi connectivity index (χ2v) is 8.17. The molecule has 5 nitrogen and oxygen atoms in total. The van der Waals surface area contributed by atoms with Crippen LogP contribution >= 0.6 is 11.3 Å². The first kappa shape index (κ1) is 16.2. The zero-order valence-electron chi connectivity index (χ0n) is 14.6. The molecule has 2 fully saturated rings. The van der Waals surface area contributed by atoms with E-state index in [-0.39, 0.29) is 0 Å². The van der Waals surface area contributed by atoms with Gasteiger partial charge in [0.1, 0.15) is 16.5 Å². The number of thiophene rings is 1. The van der Waals surface area contributed by atoms with Gasteiger partial charge in [-0.15, -0.1) is 11.3 Å². The Balaban J connectivity index is 1.66. The second-order valence-electron chi connectivity index (χ2n) is 6.97. The van der Waals surface area contributed by atoms with Gasteiger partial charge in [0.2, 0.25) is 0 Å². The van der Waals surface area contributed by atoms with Crippen LogP contribution in [0.3, 0.4) is 0 Å². The van der Waals surface area contributed by atoms with E-state index in [4.69, 9.17) is 14.7 Å². The highest BCUT2D eigenvalue weighted by molar-refractivity contribution is 7.18. The summed E-state index contributed by atoms with van der Waals surface area (Å²) in [6.07, 6.45) is 5.17. The molecule has 0 amide bonds. The highest BCUT2D eigenvalue weighted by Crippen LogP contribution is 2.34. The monoisotopic (exact) mass is 346 g/mol. The van der Waals surface area contributed by atoms with E-state index in [0.717, 1.165) is 49.3 Å². The highest BCUT2D eigenvalue weighted by Gasteiger charge is 2.21. The van der Waals surface area contributed by atoms with Crippen LogP contribution in [0.4, 0.5) is 5.82 Å². The van der Waals surface area contributed by atoms with Gasteiger partial charge in [0, 0.05) is 24.0 Å². The SMILES string of the molecule is Cc1sc2nc(CN3CCOCC3)nc(NC3CCCC3)c2c1C. The van der Waals surface area contributed by atoms with Crippen LogP contribution in [-0.4, -0.2) is 47.2 Å². The lowest BCUT2D eigenvalue weighted by atomic mass is 10.2. The Bertz CT molecular complexity index is 717. The van der Waals surface area contributed by atoms with E-state index in [1.54, 1.807) is 11.3 Å². The molecule has 1 saturated heterocycles. The van der Waals surface area contributed by atoms with E-state index in [1.807, 2.05) is 0 Å². The molecule has 3 heterocycles. The minimum absolute atomic E-state index is 0.568. The fraction of sp³-hybridized carbons (Fsp3) is 0.667. The van der Waals surface area contributed by atoms with Crippen LogP contribution in [0.25, 0.3) is 10.2 Å². The topological polar surface area (TPSA) is 50.3 Å². The molecule has 0 spiro atoms. The first-order valence-corrected chi connectivity index (χ1v) is 9.85. The Morgan fingerprint density at radius 1 is 1.17 bits per heavy atom. The fourth-order valence-electron chi connectivity index (χ4n) is 3.69. The van der Waals surface area contributed by atoms with Crippen LogP contribution < -0.4 is 5.32 Å². The summed E-state index contributed by atoms with van der Waals surface area (Å²) in [6, 6.07) is 0.568. The van der Waals surface area contributed by atoms with Crippen molar-refractivity contribution < 1.29 is 4.74 Å². The zero-order chi connectivity index (χ0) is 16.5. The van der Waals surface area contributed by atoms with Crippen LogP contribution in [-0.2, 0) is 11.3 Å². The van der Waals surface area contributed by atoms with Crippen LogP contribution in [0.15, 0.2) is 0 Å². The van der Waals surface area contributed by atoms with Crippen molar-refractivity contribution in [2.45, 2.75) is 52.1 Å². The Kier molecular flexibility index (Phi) is 4.70. The van der Waals surface area contributed by atoms with Crippen molar-refractivity contribution in [3.63, 3.8) is 0 Å². The molecule has 24 heavy (non-hydrogen) atoms. The predicted octanol–water partition coefficient (Wildman–Crippen LogP) is 3.49. The number of aryl methyl sites for hydroxylation is 2. The molecule has 1 aliphatic carbocycles. The molecular formula is C18H26N4OS. The quantitative estimate of drug-likeness (QED) is 0.918. The Labute approximate surface area is 147 Å². The first-order valence-electron chi connectivity index (χ1n) is 9.04. The van der Waals surface area contributed by atoms with Gasteiger partial charge in [-0.05, 0) is 32.3 Å². The number of aromatic nitrogens is 2. The Morgan fingerprint density at radius 2 is 1.92 bits per heavy atom. The summed E-state index contributed by atoms with van der Waals surface area (Å²) in [5, 5.41) is 4.96. The van der Waals surface area contributed by atoms with Crippen molar-refractivity contribution >= 4 is 27.4 Å². The molecule has 0 atom stereocenters. The standard InChI is InChI=1S/C18H26N4OS/c1-12-13(2)24-18-16(12)17(19-14-5-3-4-6-14)20-15(21-18)11-22-7-9-23-10-8-22/h14H,3-11H2,1-2H3,(H,19,20,21). The van der Waals surface area contributed by atoms with Crippen molar-refractivity contribution in [1.82, 2.24) is 14.9 Å². The van der Waals surface area contributed by atoms with Crippen molar-refractivity contribution in [2.75, 3.05) is 31.6 Å². The van der Waals surface area contributed by atoms with E-state index in [2.05, 4.69) is 24.1 Å². The molecule has 6 heteroatoms. The van der Waals surface area contributed by atoms with Crippen LogP contribution in [0, 0.1) is 13.8 Å². The maximum atomic E-state index is 5.45. The summed E-state index contributed by atoms with van der Waals surface area (Å²) in [5.41, 5.74) is 1.33. The first-order chi connectivity index (χ1) is 11.7. The van der Waals surface area contributed by atoms with Crippen molar-refractivity contribution in [3.8, 4) is 0 Å². The number of nitrogens with one attached hydrogen (secondary N) is 1. The molecule has 1 N–H and O–H groups in total. The number of fused-ring (bicyclic) bond motifs is 1. The van der Waals surface area contributed by atoms with Gasteiger partial charge in [-0.3, -0.25) is 4.90 Å². The molecule has 2 aromatic heterocycles. The van der Waals surface area contributed by atoms with Gasteiger partial charge in [-0.2, -0.15) is 0 Å². The number of anilines is 1. The minimum atomic E-state index is 0.568. The summed E-state index contributed by atoms with van der Waals surface area (Å²) < 4.78 is 5.45. The van der Waals surface area contributed by atoms with Crippen LogP contribution in [0.1, 0.15) is 41.9 Å². The lowest BCUT2D eigenvalue weighted by Gasteiger charge is -2.26. The van der Waals surface area contributed by atoms with Gasteiger partial charge < -0.3 is 10.1 Å². The van der Waals surface area contributed by atoms with Gasteiger partial charge in [-0.1, -0.05) is 12.8 Å². The minimum Gasteiger partial charge on any atom is -0.379 e. The normalized spacial score (nSPS) is 20.1. The Hall–Kier alpha value is -1.24. The molecule has 0 radical (unpaired) electrons. The lowest BCUT2D eigenvalue weighted by molar-refractivity contribution is 0.0331. The highest BCUT2D eigenvalue weighted by atomic mass is 32.1. The summed E-state index contributed by atoms with van der Waals surface area (Å²) in [6.45, 7) is 8.75. The van der Waals surface area contributed by atoms with E-state index >= 15 is 0 Å². The largest absolute Gasteiger partial charge is 0.379 e. The molecule has 0 unspecified atom stereocenters. The summed E-state index contributed by atoms with van der Waals surface area (Å²) in [7, 11) is 0. The maximum Gasteiger partial charge on any atom is 0.146 e. The number of hydrogen-bond acceptors (Lipinski definition) is 6. The fourth-order valence-corrected chi connectivity index (χ4v) is 4.74. The van der Waals surface area contributed by atoms with Crippen molar-refractivity contribution in [1.29, 1.82) is 0 Å². The number of rotatable bonds is 4. The van der Waals surface area contributed by atoms with E-state index in [0.29, 0.717) is 6.04 Å². The van der Waals surface area contributed by atoms with E-state index in [9.17, 15) is 0 Å². The van der Waals surface area contributed by atoms with E-state index in [1.165, 1.54) is 41.5 Å². The number of nitrogens with zero attached hydrogens (tertiary/aromatic N) is 3. The summed E-state index contributed by atoms with van der Waals surface area (Å²) >= 11 is 1.79. The predicted molar refractivity (Wildman–Crippen MR) is 98.9 cm³/mol. The smallest absolute Gasteiger partial charge is 0.146 e. The summed E-state index contributed by atoms with van der Waals surface area (Å²) in [5.74, 6) is 1.99. The lowest BCUT2D eigenvalue weighted by Crippen LogP contribution is -2.36. The Morgan fingerprint density at radius 3 is 2.67 bits per heavy atom. The van der Waals surface area contributed by atoms with Gasteiger partial charge in [0.25, 0.3) is 0 Å². The van der Waals surface area contributed by atoms with Gasteiger partial charge >= 0.3 is 0 Å². The molecule has 1 saturated carbocycles. The zero-order valence-corrected chi connectivity index (χ0v) is 15.4. The molecular weight excluding hydrogens is 320 g/mol. The molecule has 1 aliphatic heterocycles. The average Bonchev–Trinajstić information content (AvgIpc) is 3.17. The van der Waals surface area contributed by atoms with Crippen molar-refractivity contribution in [2.24, 2.45) is 0 Å². The van der Waals surface area contributed by atoms with Crippen molar-refractivity contribution in [3.05, 3.63) is 16.3 Å². The van der Waals surface area contributed by atoms with Crippen LogP contribution in [0.5, 0.6) is 0 Å². The molecule has 2 aromatic rings. The molecule has 0 bridgehead atoms. The average molecular weight is 347 g/mol. The number of hydrogen-bond donors (Lipinski definition) is 1. The number of morpholine rings is 1. The third-order valence-electron chi connectivity index (χ3n) is 5.24. The molecule has 2 aliphatic rings.